The van der Waals surface area contributed by atoms with Crippen LogP contribution in [0.4, 0.5) is 0 Å². The number of hydrogen-bond acceptors (Lipinski definition) is 1. The molecule has 4 atom stereocenters. The molecule has 0 aromatic heterocycles. The highest BCUT2D eigenvalue weighted by molar-refractivity contribution is 5.80. The normalized spacial score (nSPS) is 36.3. The Labute approximate surface area is 112 Å². The second-order valence-electron chi connectivity index (χ2n) is 6.22. The zero-order valence-corrected chi connectivity index (χ0v) is 12.2. The van der Waals surface area contributed by atoms with E-state index >= 15 is 0 Å². The van der Waals surface area contributed by atoms with Crippen LogP contribution in [0.25, 0.3) is 0 Å². The molecule has 104 valence electrons. The lowest BCUT2D eigenvalue weighted by atomic mass is 9.87. The molecule has 0 heterocycles. The molecular formula is C15H29N3. The molecule has 3 heteroatoms. The molecule has 2 N–H and O–H groups in total. The Kier molecular flexibility index (Phi) is 4.90. The Bertz CT molecular complexity index is 287. The maximum absolute atomic E-state index is 4.38. The molecule has 2 saturated carbocycles. The molecule has 18 heavy (non-hydrogen) atoms. The predicted octanol–water partition coefficient (Wildman–Crippen LogP) is 2.92. The number of rotatable bonds is 4. The standard InChI is InChI=1S/C15H29N3/c1-4-6-12-10-14(12)18-15(16-3)17-13-8-5-7-11(2)9-13/h11-14H,4-10H2,1-3H3,(H2,16,17,18). The zero-order chi connectivity index (χ0) is 13.0. The SMILES string of the molecule is CCCC1CC1NC(=NC)NC1CCCC(C)C1. The van der Waals surface area contributed by atoms with E-state index in [0.717, 1.165) is 17.8 Å². The van der Waals surface area contributed by atoms with Crippen molar-refractivity contribution in [1.29, 1.82) is 0 Å². The highest BCUT2D eigenvalue weighted by atomic mass is 15.2. The summed E-state index contributed by atoms with van der Waals surface area (Å²) in [5, 5.41) is 7.19. The highest BCUT2D eigenvalue weighted by Gasteiger charge is 2.36. The molecule has 2 rings (SSSR count). The van der Waals surface area contributed by atoms with Crippen molar-refractivity contribution in [2.24, 2.45) is 16.8 Å². The van der Waals surface area contributed by atoms with Gasteiger partial charge in [-0.1, -0.05) is 33.1 Å². The van der Waals surface area contributed by atoms with E-state index in [1.165, 1.54) is 44.9 Å². The van der Waals surface area contributed by atoms with E-state index in [1.807, 2.05) is 7.05 Å². The number of guanidine groups is 1. The van der Waals surface area contributed by atoms with Crippen LogP contribution in [0.2, 0.25) is 0 Å². The van der Waals surface area contributed by atoms with Crippen LogP contribution in [0.1, 0.15) is 58.8 Å². The molecule has 4 unspecified atom stereocenters. The number of hydrogen-bond donors (Lipinski definition) is 2. The summed E-state index contributed by atoms with van der Waals surface area (Å²) in [6, 6.07) is 1.31. The fourth-order valence-corrected chi connectivity index (χ4v) is 3.22. The fourth-order valence-electron chi connectivity index (χ4n) is 3.22. The Balaban J connectivity index is 1.73. The van der Waals surface area contributed by atoms with Gasteiger partial charge in [-0.3, -0.25) is 4.99 Å². The molecule has 0 amide bonds. The molecular weight excluding hydrogens is 222 g/mol. The van der Waals surface area contributed by atoms with Gasteiger partial charge < -0.3 is 10.6 Å². The third-order valence-electron chi connectivity index (χ3n) is 4.41. The second kappa shape index (κ2) is 6.44. The molecule has 0 bridgehead atoms. The van der Waals surface area contributed by atoms with Gasteiger partial charge in [-0.2, -0.15) is 0 Å². The summed E-state index contributed by atoms with van der Waals surface area (Å²) in [6.07, 6.45) is 9.33. The van der Waals surface area contributed by atoms with Gasteiger partial charge >= 0.3 is 0 Å². The van der Waals surface area contributed by atoms with Gasteiger partial charge in [0.1, 0.15) is 0 Å². The van der Waals surface area contributed by atoms with E-state index in [1.54, 1.807) is 0 Å². The Morgan fingerprint density at radius 1 is 1.22 bits per heavy atom. The minimum atomic E-state index is 0.628. The summed E-state index contributed by atoms with van der Waals surface area (Å²) in [4.78, 5) is 4.38. The van der Waals surface area contributed by atoms with E-state index in [4.69, 9.17) is 0 Å². The van der Waals surface area contributed by atoms with E-state index in [-0.39, 0.29) is 0 Å². The van der Waals surface area contributed by atoms with Crippen LogP contribution in [-0.4, -0.2) is 25.1 Å². The monoisotopic (exact) mass is 251 g/mol. The maximum atomic E-state index is 4.38. The summed E-state index contributed by atoms with van der Waals surface area (Å²) in [5.74, 6) is 2.78. The van der Waals surface area contributed by atoms with Crippen molar-refractivity contribution >= 4 is 5.96 Å². The lowest BCUT2D eigenvalue weighted by molar-refractivity contribution is 0.324. The Morgan fingerprint density at radius 3 is 2.72 bits per heavy atom. The lowest BCUT2D eigenvalue weighted by Gasteiger charge is -2.28. The van der Waals surface area contributed by atoms with Gasteiger partial charge in [0.25, 0.3) is 0 Å². The molecule has 0 aliphatic heterocycles. The van der Waals surface area contributed by atoms with Gasteiger partial charge in [-0.05, 0) is 37.5 Å². The van der Waals surface area contributed by atoms with Crippen molar-refractivity contribution < 1.29 is 0 Å². The summed E-state index contributed by atoms with van der Waals surface area (Å²) >= 11 is 0. The van der Waals surface area contributed by atoms with Gasteiger partial charge in [0.2, 0.25) is 0 Å². The predicted molar refractivity (Wildman–Crippen MR) is 77.9 cm³/mol. The summed E-state index contributed by atoms with van der Waals surface area (Å²) < 4.78 is 0. The molecule has 0 spiro atoms. The maximum Gasteiger partial charge on any atom is 0.191 e. The first-order valence-electron chi connectivity index (χ1n) is 7.72. The van der Waals surface area contributed by atoms with Crippen molar-refractivity contribution in [2.75, 3.05) is 7.05 Å². The average Bonchev–Trinajstić information content (AvgIpc) is 3.07. The van der Waals surface area contributed by atoms with Crippen molar-refractivity contribution in [3.8, 4) is 0 Å². The fraction of sp³-hybridized carbons (Fsp3) is 0.933. The van der Waals surface area contributed by atoms with E-state index in [0.29, 0.717) is 12.1 Å². The molecule has 0 radical (unpaired) electrons. The second-order valence-corrected chi connectivity index (χ2v) is 6.22. The third kappa shape index (κ3) is 3.89. The molecule has 0 saturated heterocycles. The van der Waals surface area contributed by atoms with Crippen LogP contribution in [0, 0.1) is 11.8 Å². The van der Waals surface area contributed by atoms with Crippen molar-refractivity contribution in [3.63, 3.8) is 0 Å². The van der Waals surface area contributed by atoms with E-state index in [2.05, 4.69) is 29.5 Å². The van der Waals surface area contributed by atoms with Gasteiger partial charge in [0.05, 0.1) is 0 Å². The highest BCUT2D eigenvalue weighted by Crippen LogP contribution is 2.34. The van der Waals surface area contributed by atoms with E-state index < -0.39 is 0 Å². The van der Waals surface area contributed by atoms with Gasteiger partial charge in [0.15, 0.2) is 5.96 Å². The van der Waals surface area contributed by atoms with Crippen LogP contribution < -0.4 is 10.6 Å². The van der Waals surface area contributed by atoms with Crippen LogP contribution in [0.3, 0.4) is 0 Å². The molecule has 0 aromatic rings. The minimum Gasteiger partial charge on any atom is -0.354 e. The first-order valence-corrected chi connectivity index (χ1v) is 7.72. The number of nitrogens with one attached hydrogen (secondary N) is 2. The largest absolute Gasteiger partial charge is 0.354 e. The molecule has 2 aliphatic carbocycles. The first-order chi connectivity index (χ1) is 8.72. The Morgan fingerprint density at radius 2 is 2.06 bits per heavy atom. The van der Waals surface area contributed by atoms with Crippen LogP contribution >= 0.6 is 0 Å². The zero-order valence-electron chi connectivity index (χ0n) is 12.2. The minimum absolute atomic E-state index is 0.628. The summed E-state index contributed by atoms with van der Waals surface area (Å²) in [7, 11) is 1.89. The van der Waals surface area contributed by atoms with Gasteiger partial charge in [-0.15, -0.1) is 0 Å². The first kappa shape index (κ1) is 13.7. The van der Waals surface area contributed by atoms with Crippen molar-refractivity contribution in [2.45, 2.75) is 70.9 Å². The molecule has 2 fully saturated rings. The average molecular weight is 251 g/mol. The third-order valence-corrected chi connectivity index (χ3v) is 4.41. The van der Waals surface area contributed by atoms with Crippen LogP contribution in [0.5, 0.6) is 0 Å². The van der Waals surface area contributed by atoms with Gasteiger partial charge in [-0.25, -0.2) is 0 Å². The number of nitrogens with zero attached hydrogens (tertiary/aromatic N) is 1. The molecule has 2 aliphatic rings. The van der Waals surface area contributed by atoms with Crippen molar-refractivity contribution in [3.05, 3.63) is 0 Å². The summed E-state index contributed by atoms with van der Waals surface area (Å²) in [5.41, 5.74) is 0. The van der Waals surface area contributed by atoms with Crippen LogP contribution in [-0.2, 0) is 0 Å². The molecule has 3 nitrogen and oxygen atoms in total. The van der Waals surface area contributed by atoms with E-state index in [9.17, 15) is 0 Å². The van der Waals surface area contributed by atoms with Crippen molar-refractivity contribution in [1.82, 2.24) is 10.6 Å². The topological polar surface area (TPSA) is 36.4 Å². The summed E-state index contributed by atoms with van der Waals surface area (Å²) in [6.45, 7) is 4.63. The molecule has 0 aromatic carbocycles. The number of aliphatic imine (C=N–C) groups is 1. The van der Waals surface area contributed by atoms with Gasteiger partial charge in [0, 0.05) is 19.1 Å². The lowest BCUT2D eigenvalue weighted by Crippen LogP contribution is -2.46. The Hall–Kier alpha value is -0.730. The smallest absolute Gasteiger partial charge is 0.191 e. The quantitative estimate of drug-likeness (QED) is 0.595. The van der Waals surface area contributed by atoms with Crippen LogP contribution in [0.15, 0.2) is 4.99 Å².